The minimum atomic E-state index is 0.824. The summed E-state index contributed by atoms with van der Waals surface area (Å²) >= 11 is 0. The lowest BCUT2D eigenvalue weighted by atomic mass is 10.0. The van der Waals surface area contributed by atoms with E-state index in [-0.39, 0.29) is 0 Å². The van der Waals surface area contributed by atoms with Gasteiger partial charge in [0.2, 0.25) is 0 Å². The molecule has 0 spiro atoms. The average molecular weight is 169 g/mol. The number of unbranched alkanes of at least 4 members (excludes halogenated alkanes) is 1. The molecule has 0 heterocycles. The molecule has 0 aliphatic heterocycles. The van der Waals surface area contributed by atoms with Crippen LogP contribution in [-0.4, -0.2) is 12.6 Å². The third-order valence-corrected chi connectivity index (χ3v) is 3.02. The van der Waals surface area contributed by atoms with Gasteiger partial charge in [0.05, 0.1) is 0 Å². The van der Waals surface area contributed by atoms with E-state index < -0.39 is 0 Å². The van der Waals surface area contributed by atoms with Crippen LogP contribution in [0.4, 0.5) is 0 Å². The Morgan fingerprint density at radius 3 is 2.50 bits per heavy atom. The first-order valence-electron chi connectivity index (χ1n) is 5.53. The van der Waals surface area contributed by atoms with Crippen LogP contribution >= 0.6 is 0 Å². The normalized spacial score (nSPS) is 30.2. The topological polar surface area (TPSA) is 12.0 Å². The number of hydrogen-bond donors (Lipinski definition) is 1. The highest BCUT2D eigenvalue weighted by Gasteiger charge is 2.38. The van der Waals surface area contributed by atoms with Crippen molar-refractivity contribution in [2.75, 3.05) is 6.54 Å². The van der Waals surface area contributed by atoms with Crippen LogP contribution in [0, 0.1) is 11.8 Å². The van der Waals surface area contributed by atoms with Crippen molar-refractivity contribution in [2.24, 2.45) is 11.8 Å². The molecule has 0 aromatic rings. The predicted molar refractivity (Wildman–Crippen MR) is 54.3 cm³/mol. The molecule has 0 aromatic carbocycles. The van der Waals surface area contributed by atoms with E-state index in [1.165, 1.54) is 25.7 Å². The average Bonchev–Trinajstić information content (AvgIpc) is 2.76. The van der Waals surface area contributed by atoms with E-state index in [1.54, 1.807) is 0 Å². The third kappa shape index (κ3) is 2.78. The summed E-state index contributed by atoms with van der Waals surface area (Å²) in [6, 6.07) is 0.824. The maximum absolute atomic E-state index is 3.61. The van der Waals surface area contributed by atoms with Crippen molar-refractivity contribution < 1.29 is 0 Å². The lowest BCUT2D eigenvalue weighted by Gasteiger charge is -2.16. The summed E-state index contributed by atoms with van der Waals surface area (Å²) in [6.07, 6.45) is 5.57. The summed E-state index contributed by atoms with van der Waals surface area (Å²) in [6.45, 7) is 8.00. The van der Waals surface area contributed by atoms with E-state index in [2.05, 4.69) is 26.1 Å². The molecule has 0 saturated heterocycles. The van der Waals surface area contributed by atoms with E-state index in [0.717, 1.165) is 24.4 Å². The van der Waals surface area contributed by atoms with Crippen LogP contribution < -0.4 is 5.32 Å². The second-order valence-corrected chi connectivity index (χ2v) is 4.18. The van der Waals surface area contributed by atoms with E-state index >= 15 is 0 Å². The molecular formula is C11H23N. The minimum absolute atomic E-state index is 0.824. The monoisotopic (exact) mass is 169 g/mol. The first-order valence-corrected chi connectivity index (χ1v) is 5.53. The Kier molecular flexibility index (Phi) is 4.07. The SMILES string of the molecule is CCCCC(NCC)C1CC1C. The van der Waals surface area contributed by atoms with E-state index in [0.29, 0.717) is 0 Å². The fourth-order valence-corrected chi connectivity index (χ4v) is 2.07. The number of rotatable bonds is 6. The summed E-state index contributed by atoms with van der Waals surface area (Å²) in [5, 5.41) is 3.61. The van der Waals surface area contributed by atoms with E-state index in [1.807, 2.05) is 0 Å². The van der Waals surface area contributed by atoms with Crippen molar-refractivity contribution in [1.82, 2.24) is 5.32 Å². The van der Waals surface area contributed by atoms with Gasteiger partial charge in [0.25, 0.3) is 0 Å². The molecule has 1 fully saturated rings. The molecule has 1 heteroatoms. The van der Waals surface area contributed by atoms with Gasteiger partial charge in [0, 0.05) is 6.04 Å². The third-order valence-electron chi connectivity index (χ3n) is 3.02. The summed E-state index contributed by atoms with van der Waals surface area (Å²) in [4.78, 5) is 0. The lowest BCUT2D eigenvalue weighted by Crippen LogP contribution is -2.31. The summed E-state index contributed by atoms with van der Waals surface area (Å²) in [5.74, 6) is 1.99. The van der Waals surface area contributed by atoms with E-state index in [9.17, 15) is 0 Å². The molecule has 3 atom stereocenters. The van der Waals surface area contributed by atoms with Crippen LogP contribution in [0.1, 0.15) is 46.5 Å². The zero-order valence-corrected chi connectivity index (χ0v) is 8.77. The van der Waals surface area contributed by atoms with Gasteiger partial charge in [-0.2, -0.15) is 0 Å². The lowest BCUT2D eigenvalue weighted by molar-refractivity contribution is 0.418. The van der Waals surface area contributed by atoms with Crippen molar-refractivity contribution in [3.05, 3.63) is 0 Å². The minimum Gasteiger partial charge on any atom is -0.314 e. The molecule has 3 unspecified atom stereocenters. The molecule has 0 bridgehead atoms. The Labute approximate surface area is 76.9 Å². The highest BCUT2D eigenvalue weighted by atomic mass is 14.9. The fraction of sp³-hybridized carbons (Fsp3) is 1.00. The molecule has 0 aromatic heterocycles. The van der Waals surface area contributed by atoms with Crippen LogP contribution in [0.3, 0.4) is 0 Å². The second kappa shape index (κ2) is 4.86. The zero-order valence-electron chi connectivity index (χ0n) is 8.77. The molecular weight excluding hydrogens is 146 g/mol. The molecule has 1 saturated carbocycles. The Balaban J connectivity index is 2.19. The summed E-state index contributed by atoms with van der Waals surface area (Å²) < 4.78 is 0. The summed E-state index contributed by atoms with van der Waals surface area (Å²) in [7, 11) is 0. The fourth-order valence-electron chi connectivity index (χ4n) is 2.07. The maximum Gasteiger partial charge on any atom is 0.00978 e. The van der Waals surface area contributed by atoms with Gasteiger partial charge in [-0.05, 0) is 31.2 Å². The smallest absolute Gasteiger partial charge is 0.00978 e. The van der Waals surface area contributed by atoms with Crippen LogP contribution in [0.5, 0.6) is 0 Å². The zero-order chi connectivity index (χ0) is 8.97. The summed E-state index contributed by atoms with van der Waals surface area (Å²) in [5.41, 5.74) is 0. The largest absolute Gasteiger partial charge is 0.314 e. The van der Waals surface area contributed by atoms with Gasteiger partial charge in [-0.15, -0.1) is 0 Å². The van der Waals surface area contributed by atoms with Crippen LogP contribution in [0.2, 0.25) is 0 Å². The number of nitrogens with one attached hydrogen (secondary N) is 1. The van der Waals surface area contributed by atoms with Gasteiger partial charge in [-0.25, -0.2) is 0 Å². The first-order chi connectivity index (χ1) is 5.79. The van der Waals surface area contributed by atoms with Gasteiger partial charge >= 0.3 is 0 Å². The van der Waals surface area contributed by atoms with Crippen molar-refractivity contribution in [3.8, 4) is 0 Å². The molecule has 1 aliphatic rings. The van der Waals surface area contributed by atoms with Gasteiger partial charge in [0.15, 0.2) is 0 Å². The molecule has 0 amide bonds. The Morgan fingerprint density at radius 1 is 1.42 bits per heavy atom. The molecule has 1 N–H and O–H groups in total. The molecule has 1 rings (SSSR count). The predicted octanol–water partition coefficient (Wildman–Crippen LogP) is 2.81. The highest BCUT2D eigenvalue weighted by Crippen LogP contribution is 2.41. The molecule has 72 valence electrons. The Bertz CT molecular complexity index is 122. The Hall–Kier alpha value is -0.0400. The maximum atomic E-state index is 3.61. The van der Waals surface area contributed by atoms with Crippen LogP contribution in [0.25, 0.3) is 0 Å². The molecule has 0 radical (unpaired) electrons. The number of hydrogen-bond acceptors (Lipinski definition) is 1. The first kappa shape index (κ1) is 10.0. The van der Waals surface area contributed by atoms with Gasteiger partial charge < -0.3 is 5.32 Å². The molecule has 1 aliphatic carbocycles. The van der Waals surface area contributed by atoms with Gasteiger partial charge in [-0.3, -0.25) is 0 Å². The van der Waals surface area contributed by atoms with Crippen molar-refractivity contribution in [2.45, 2.75) is 52.5 Å². The standard InChI is InChI=1S/C11H23N/c1-4-6-7-11(12-5-2)10-8-9(10)3/h9-12H,4-8H2,1-3H3. The van der Waals surface area contributed by atoms with Crippen LogP contribution in [0.15, 0.2) is 0 Å². The quantitative estimate of drug-likeness (QED) is 0.644. The highest BCUT2D eigenvalue weighted by molar-refractivity contribution is 4.91. The van der Waals surface area contributed by atoms with Crippen LogP contribution in [-0.2, 0) is 0 Å². The molecule has 12 heavy (non-hydrogen) atoms. The van der Waals surface area contributed by atoms with Crippen molar-refractivity contribution in [3.63, 3.8) is 0 Å². The van der Waals surface area contributed by atoms with Gasteiger partial charge in [-0.1, -0.05) is 33.6 Å². The molecule has 1 nitrogen and oxygen atoms in total. The van der Waals surface area contributed by atoms with E-state index in [4.69, 9.17) is 0 Å². The van der Waals surface area contributed by atoms with Gasteiger partial charge in [0.1, 0.15) is 0 Å². The Morgan fingerprint density at radius 2 is 2.08 bits per heavy atom. The van der Waals surface area contributed by atoms with Crippen molar-refractivity contribution in [1.29, 1.82) is 0 Å². The second-order valence-electron chi connectivity index (χ2n) is 4.18. The van der Waals surface area contributed by atoms with Crippen molar-refractivity contribution >= 4 is 0 Å².